The van der Waals surface area contributed by atoms with E-state index >= 15 is 0 Å². The molecule has 5 heavy (non-hydrogen) atoms. The van der Waals surface area contributed by atoms with E-state index in [1.54, 1.807) is 0 Å². The van der Waals surface area contributed by atoms with E-state index in [0.29, 0.717) is 13.2 Å². The Hall–Kier alpha value is -0.600. The van der Waals surface area contributed by atoms with E-state index in [1.807, 2.05) is 0 Å². The summed E-state index contributed by atoms with van der Waals surface area (Å²) in [4.78, 5) is 4.35. The summed E-state index contributed by atoms with van der Waals surface area (Å²) in [6, 6.07) is 0. The van der Waals surface area contributed by atoms with Crippen molar-refractivity contribution in [3.05, 3.63) is 4.54 Å². The first kappa shape index (κ1) is 2.63. The van der Waals surface area contributed by atoms with E-state index < -0.39 is 0 Å². The van der Waals surface area contributed by atoms with Gasteiger partial charge in [0.25, 0.3) is 13.2 Å². The molecule has 0 N–H and O–H groups in total. The smallest absolute Gasteiger partial charge is 0.195 e. The molecule has 0 spiro atoms. The van der Waals surface area contributed by atoms with Gasteiger partial charge in [0.05, 0.1) is 0 Å². The fraction of sp³-hybridized carbons (Fsp3) is 1.00. The van der Waals surface area contributed by atoms with E-state index in [4.69, 9.17) is 0 Å². The lowest BCUT2D eigenvalue weighted by Gasteiger charge is -1.53. The second kappa shape index (κ2) is 1.01. The minimum atomic E-state index is 0.611. The summed E-state index contributed by atoms with van der Waals surface area (Å²) in [5, 5.41) is 3.08. The Labute approximate surface area is 29.2 Å². The molecule has 0 aromatic rings. The van der Waals surface area contributed by atoms with E-state index in [9.17, 15) is 0 Å². The number of rotatable bonds is 0. The highest BCUT2D eigenvalue weighted by atomic mass is 16.8. The SMILES string of the molecule is C1C[O+]=NO1. The topological polar surface area (TPSA) is 32.9 Å². The van der Waals surface area contributed by atoms with Crippen molar-refractivity contribution >= 4 is 0 Å². The predicted octanol–water partition coefficient (Wildman–Crippen LogP) is 0.234. The van der Waals surface area contributed by atoms with Gasteiger partial charge in [-0.3, -0.25) is 0 Å². The number of nitrogens with zero attached hydrogens (tertiary/aromatic N) is 1. The number of hydrogen-bond donors (Lipinski definition) is 0. The molecule has 0 aromatic carbocycles. The molecule has 1 rings (SSSR count). The Kier molecular flexibility index (Phi) is 0.532. The van der Waals surface area contributed by atoms with Crippen molar-refractivity contribution in [2.45, 2.75) is 0 Å². The molecule has 0 fully saturated rings. The molecule has 1 aliphatic heterocycles. The second-order valence-corrected chi connectivity index (χ2v) is 0.741. The standard InChI is InChI=1S/C2H4NO2/c1-2-5-3-4-1/h1-2H2/q+1. The van der Waals surface area contributed by atoms with Crippen LogP contribution in [0.1, 0.15) is 0 Å². The Morgan fingerprint density at radius 1 is 1.80 bits per heavy atom. The summed E-state index contributed by atoms with van der Waals surface area (Å²) >= 11 is 0. The molecule has 3 heteroatoms. The Bertz CT molecular complexity index is 45.6. The molecule has 0 saturated carbocycles. The van der Waals surface area contributed by atoms with Crippen molar-refractivity contribution in [1.29, 1.82) is 0 Å². The normalized spacial score (nSPS) is 19.2. The van der Waals surface area contributed by atoms with Crippen molar-refractivity contribution in [3.63, 3.8) is 0 Å². The first-order valence-electron chi connectivity index (χ1n) is 1.44. The van der Waals surface area contributed by atoms with Gasteiger partial charge in [0.1, 0.15) is 0 Å². The van der Waals surface area contributed by atoms with Gasteiger partial charge < -0.3 is 0 Å². The van der Waals surface area contributed by atoms with Gasteiger partial charge in [0.2, 0.25) is 0 Å². The fourth-order valence-electron chi connectivity index (χ4n) is 0.186. The minimum absolute atomic E-state index is 0.611. The van der Waals surface area contributed by atoms with Gasteiger partial charge in [-0.2, -0.15) is 9.37 Å². The average molecular weight is 74.1 g/mol. The molecule has 0 amide bonds. The van der Waals surface area contributed by atoms with Crippen LogP contribution in [0.4, 0.5) is 0 Å². The molecule has 3 nitrogen and oxygen atoms in total. The summed E-state index contributed by atoms with van der Waals surface area (Å²) in [5.74, 6) is 0. The van der Waals surface area contributed by atoms with Crippen LogP contribution in [-0.2, 0) is 4.84 Å². The monoisotopic (exact) mass is 74.0 g/mol. The van der Waals surface area contributed by atoms with Crippen molar-refractivity contribution in [3.8, 4) is 0 Å². The van der Waals surface area contributed by atoms with Gasteiger partial charge in [0, 0.05) is 0 Å². The van der Waals surface area contributed by atoms with Crippen LogP contribution in [0.15, 0.2) is 5.34 Å². The second-order valence-electron chi connectivity index (χ2n) is 0.741. The Balaban J connectivity index is 2.32. The van der Waals surface area contributed by atoms with Crippen LogP contribution in [-0.4, -0.2) is 13.2 Å². The maximum Gasteiger partial charge on any atom is 0.360 e. The number of hydrogen-bond acceptors (Lipinski definition) is 2. The predicted molar refractivity (Wildman–Crippen MR) is 16.6 cm³/mol. The van der Waals surface area contributed by atoms with Gasteiger partial charge >= 0.3 is 5.34 Å². The molecule has 0 bridgehead atoms. The molecular weight excluding hydrogens is 70.0 g/mol. The molecule has 28 valence electrons. The molecule has 0 saturated heterocycles. The molecule has 1 aliphatic rings. The molecule has 0 aliphatic carbocycles. The van der Waals surface area contributed by atoms with Crippen LogP contribution in [0.3, 0.4) is 0 Å². The minimum Gasteiger partial charge on any atom is -0.195 e. The van der Waals surface area contributed by atoms with Crippen molar-refractivity contribution < 1.29 is 4.84 Å². The van der Waals surface area contributed by atoms with Crippen molar-refractivity contribution in [2.24, 2.45) is 5.34 Å². The van der Waals surface area contributed by atoms with Crippen LogP contribution >= 0.6 is 0 Å². The van der Waals surface area contributed by atoms with Gasteiger partial charge in [0.15, 0.2) is 0 Å². The van der Waals surface area contributed by atoms with Crippen LogP contribution < -0.4 is 0 Å². The van der Waals surface area contributed by atoms with Crippen molar-refractivity contribution in [1.82, 2.24) is 0 Å². The van der Waals surface area contributed by atoms with E-state index in [0.717, 1.165) is 0 Å². The first-order valence-corrected chi connectivity index (χ1v) is 1.44. The van der Waals surface area contributed by atoms with Crippen LogP contribution in [0.5, 0.6) is 0 Å². The van der Waals surface area contributed by atoms with E-state index in [2.05, 4.69) is 14.7 Å². The molecule has 0 atom stereocenters. The maximum atomic E-state index is 4.35. The Morgan fingerprint density at radius 3 is 3.00 bits per heavy atom. The van der Waals surface area contributed by atoms with Crippen LogP contribution in [0.2, 0.25) is 0 Å². The molecule has 0 unspecified atom stereocenters. The zero-order chi connectivity index (χ0) is 3.54. The first-order chi connectivity index (χ1) is 2.50. The quantitative estimate of drug-likeness (QED) is 0.379. The highest BCUT2D eigenvalue weighted by molar-refractivity contribution is 4.60. The van der Waals surface area contributed by atoms with Gasteiger partial charge in [-0.25, -0.2) is 0 Å². The summed E-state index contributed by atoms with van der Waals surface area (Å²) in [6.45, 7) is 1.22. The van der Waals surface area contributed by atoms with Gasteiger partial charge in [-0.1, -0.05) is 0 Å². The van der Waals surface area contributed by atoms with E-state index in [1.165, 1.54) is 0 Å². The lowest BCUT2D eigenvalue weighted by Crippen LogP contribution is -1.79. The lowest BCUT2D eigenvalue weighted by molar-refractivity contribution is 0.177. The third kappa shape index (κ3) is 0.344. The van der Waals surface area contributed by atoms with E-state index in [-0.39, 0.29) is 0 Å². The summed E-state index contributed by atoms with van der Waals surface area (Å²) in [6.07, 6.45) is 0. The third-order valence-electron chi connectivity index (χ3n) is 0.371. The summed E-state index contributed by atoms with van der Waals surface area (Å²) in [5.41, 5.74) is 0. The Morgan fingerprint density at radius 2 is 2.80 bits per heavy atom. The highest BCUT2D eigenvalue weighted by Crippen LogP contribution is 1.84. The molecule has 0 radical (unpaired) electrons. The zero-order valence-corrected chi connectivity index (χ0v) is 2.68. The molecule has 0 aromatic heterocycles. The summed E-state index contributed by atoms with van der Waals surface area (Å²) < 4.78 is 4.35. The summed E-state index contributed by atoms with van der Waals surface area (Å²) in [7, 11) is 0. The van der Waals surface area contributed by atoms with Gasteiger partial charge in [-0.15, -0.1) is 0 Å². The zero-order valence-electron chi connectivity index (χ0n) is 2.68. The highest BCUT2D eigenvalue weighted by Gasteiger charge is 2.03. The average Bonchev–Trinajstić information content (AvgIpc) is 1.76. The van der Waals surface area contributed by atoms with Gasteiger partial charge in [-0.05, 0) is 0 Å². The fourth-order valence-corrected chi connectivity index (χ4v) is 0.186. The van der Waals surface area contributed by atoms with Crippen LogP contribution in [0, 0.1) is 4.54 Å². The molecule has 1 heterocycles. The van der Waals surface area contributed by atoms with Crippen LogP contribution in [0.25, 0.3) is 0 Å². The largest absolute Gasteiger partial charge is 0.360 e. The third-order valence-corrected chi connectivity index (χ3v) is 0.371. The van der Waals surface area contributed by atoms with Crippen molar-refractivity contribution in [2.75, 3.05) is 13.2 Å². The maximum absolute atomic E-state index is 4.35. The lowest BCUT2D eigenvalue weighted by atomic mass is 10.8. The molecular formula is C2H4NO2+.